The largest absolute Gasteiger partial charge is 0.340 e. The van der Waals surface area contributed by atoms with E-state index in [1.807, 2.05) is 18.2 Å². The lowest BCUT2D eigenvalue weighted by Gasteiger charge is -2.27. The highest BCUT2D eigenvalue weighted by Crippen LogP contribution is 1.97. The van der Waals surface area contributed by atoms with E-state index in [1.165, 1.54) is 0 Å². The summed E-state index contributed by atoms with van der Waals surface area (Å²) < 4.78 is 0. The molecule has 0 aromatic heterocycles. The van der Waals surface area contributed by atoms with Gasteiger partial charge in [0.05, 0.1) is 0 Å². The van der Waals surface area contributed by atoms with E-state index in [1.54, 1.807) is 0 Å². The molecule has 0 aromatic carbocycles. The van der Waals surface area contributed by atoms with Gasteiger partial charge in [0, 0.05) is 32.6 Å². The van der Waals surface area contributed by atoms with Crippen LogP contribution in [0.15, 0.2) is 0 Å². The zero-order valence-electron chi connectivity index (χ0n) is 6.97. The predicted molar refractivity (Wildman–Crippen MR) is 44.0 cm³/mol. The Bertz CT molecular complexity index is 130. The standard InChI is InChI=1S/C8H15N2O/c1-2-3-8(11)10-6-4-9-5-7-10/h2,9H,3-7H2,1H3. The third-order valence-electron chi connectivity index (χ3n) is 1.85. The smallest absolute Gasteiger partial charge is 0.222 e. The summed E-state index contributed by atoms with van der Waals surface area (Å²) in [6.07, 6.45) is 2.49. The van der Waals surface area contributed by atoms with Crippen molar-refractivity contribution < 1.29 is 4.79 Å². The molecule has 0 unspecified atom stereocenters. The van der Waals surface area contributed by atoms with Crippen molar-refractivity contribution in [3.05, 3.63) is 6.42 Å². The van der Waals surface area contributed by atoms with E-state index in [4.69, 9.17) is 0 Å². The van der Waals surface area contributed by atoms with Crippen LogP contribution in [0.5, 0.6) is 0 Å². The molecule has 3 heteroatoms. The Balaban J connectivity index is 2.27. The van der Waals surface area contributed by atoms with Gasteiger partial charge in [-0.15, -0.1) is 0 Å². The van der Waals surface area contributed by atoms with Gasteiger partial charge in [-0.25, -0.2) is 0 Å². The Hall–Kier alpha value is -0.570. The van der Waals surface area contributed by atoms with Crippen molar-refractivity contribution in [3.63, 3.8) is 0 Å². The summed E-state index contributed by atoms with van der Waals surface area (Å²) in [7, 11) is 0. The van der Waals surface area contributed by atoms with Crippen LogP contribution in [0.25, 0.3) is 0 Å². The van der Waals surface area contributed by atoms with Crippen molar-refractivity contribution in [2.75, 3.05) is 26.2 Å². The monoisotopic (exact) mass is 155 g/mol. The first-order valence-electron chi connectivity index (χ1n) is 4.11. The molecule has 1 aliphatic heterocycles. The Morgan fingerprint density at radius 2 is 2.18 bits per heavy atom. The van der Waals surface area contributed by atoms with Crippen LogP contribution in [0.1, 0.15) is 13.3 Å². The zero-order chi connectivity index (χ0) is 8.10. The molecule has 1 rings (SSSR count). The molecule has 0 spiro atoms. The lowest BCUT2D eigenvalue weighted by molar-refractivity contribution is -0.131. The molecule has 0 atom stereocenters. The van der Waals surface area contributed by atoms with Crippen LogP contribution in [-0.2, 0) is 4.79 Å². The van der Waals surface area contributed by atoms with Crippen molar-refractivity contribution in [2.24, 2.45) is 0 Å². The van der Waals surface area contributed by atoms with E-state index in [2.05, 4.69) is 5.32 Å². The SMILES string of the molecule is C[CH]CC(=O)N1CCNCC1. The molecule has 1 amide bonds. The average Bonchev–Trinajstić information content (AvgIpc) is 2.07. The minimum absolute atomic E-state index is 0.258. The second kappa shape index (κ2) is 4.34. The first-order chi connectivity index (χ1) is 5.34. The maximum absolute atomic E-state index is 11.3. The van der Waals surface area contributed by atoms with Gasteiger partial charge in [0.2, 0.25) is 5.91 Å². The Morgan fingerprint density at radius 1 is 1.55 bits per heavy atom. The fourth-order valence-corrected chi connectivity index (χ4v) is 1.22. The molecule has 1 fully saturated rings. The van der Waals surface area contributed by atoms with Gasteiger partial charge >= 0.3 is 0 Å². The topological polar surface area (TPSA) is 32.3 Å². The molecular weight excluding hydrogens is 140 g/mol. The van der Waals surface area contributed by atoms with E-state index < -0.39 is 0 Å². The lowest BCUT2D eigenvalue weighted by Crippen LogP contribution is -2.46. The highest BCUT2D eigenvalue weighted by atomic mass is 16.2. The van der Waals surface area contributed by atoms with Crippen molar-refractivity contribution in [2.45, 2.75) is 13.3 Å². The van der Waals surface area contributed by atoms with Crippen molar-refractivity contribution >= 4 is 5.91 Å². The zero-order valence-corrected chi connectivity index (χ0v) is 6.97. The number of hydrogen-bond donors (Lipinski definition) is 1. The predicted octanol–water partition coefficient (Wildman–Crippen LogP) is 0.0325. The van der Waals surface area contributed by atoms with Crippen LogP contribution in [0.2, 0.25) is 0 Å². The maximum Gasteiger partial charge on any atom is 0.222 e. The number of nitrogens with one attached hydrogen (secondary N) is 1. The fourth-order valence-electron chi connectivity index (χ4n) is 1.22. The molecular formula is C8H15N2O. The average molecular weight is 155 g/mol. The quantitative estimate of drug-likeness (QED) is 0.610. The Kier molecular flexibility index (Phi) is 3.36. The number of carbonyl (C=O) groups is 1. The Labute approximate surface area is 67.8 Å². The third kappa shape index (κ3) is 2.50. The molecule has 1 N–H and O–H groups in total. The fraction of sp³-hybridized carbons (Fsp3) is 0.750. The molecule has 0 aromatic rings. The van der Waals surface area contributed by atoms with E-state index in [0.717, 1.165) is 26.2 Å². The number of amides is 1. The van der Waals surface area contributed by atoms with Crippen LogP contribution in [0.4, 0.5) is 0 Å². The molecule has 0 bridgehead atoms. The minimum atomic E-state index is 0.258. The molecule has 3 nitrogen and oxygen atoms in total. The molecule has 0 saturated carbocycles. The molecule has 1 saturated heterocycles. The second-order valence-electron chi connectivity index (χ2n) is 2.74. The van der Waals surface area contributed by atoms with Crippen LogP contribution >= 0.6 is 0 Å². The summed E-state index contributed by atoms with van der Waals surface area (Å²) in [6, 6.07) is 0. The first-order valence-corrected chi connectivity index (χ1v) is 4.11. The van der Waals surface area contributed by atoms with Gasteiger partial charge in [-0.2, -0.15) is 0 Å². The summed E-state index contributed by atoms with van der Waals surface area (Å²) in [5, 5.41) is 3.21. The van der Waals surface area contributed by atoms with Crippen LogP contribution < -0.4 is 5.32 Å². The van der Waals surface area contributed by atoms with Gasteiger partial charge in [-0.05, 0) is 6.42 Å². The van der Waals surface area contributed by atoms with Gasteiger partial charge in [0.1, 0.15) is 0 Å². The first kappa shape index (κ1) is 8.53. The van der Waals surface area contributed by atoms with Crippen molar-refractivity contribution in [3.8, 4) is 0 Å². The molecule has 63 valence electrons. The molecule has 1 heterocycles. The van der Waals surface area contributed by atoms with Crippen LogP contribution in [0, 0.1) is 6.42 Å². The van der Waals surface area contributed by atoms with E-state index in [-0.39, 0.29) is 5.91 Å². The highest BCUT2D eigenvalue weighted by molar-refractivity contribution is 5.77. The van der Waals surface area contributed by atoms with E-state index >= 15 is 0 Å². The molecule has 1 aliphatic rings. The normalized spacial score (nSPS) is 18.5. The van der Waals surface area contributed by atoms with Crippen LogP contribution in [0.3, 0.4) is 0 Å². The van der Waals surface area contributed by atoms with Crippen molar-refractivity contribution in [1.82, 2.24) is 10.2 Å². The van der Waals surface area contributed by atoms with Gasteiger partial charge in [-0.3, -0.25) is 4.79 Å². The Morgan fingerprint density at radius 3 is 2.73 bits per heavy atom. The summed E-state index contributed by atoms with van der Waals surface area (Å²) in [6.45, 7) is 5.53. The summed E-state index contributed by atoms with van der Waals surface area (Å²) >= 11 is 0. The van der Waals surface area contributed by atoms with Gasteiger partial charge < -0.3 is 10.2 Å². The second-order valence-corrected chi connectivity index (χ2v) is 2.74. The molecule has 11 heavy (non-hydrogen) atoms. The highest BCUT2D eigenvalue weighted by Gasteiger charge is 2.14. The maximum atomic E-state index is 11.3. The number of hydrogen-bond acceptors (Lipinski definition) is 2. The molecule has 0 aliphatic carbocycles. The third-order valence-corrected chi connectivity index (χ3v) is 1.85. The van der Waals surface area contributed by atoms with Crippen LogP contribution in [-0.4, -0.2) is 37.0 Å². The van der Waals surface area contributed by atoms with Crippen molar-refractivity contribution in [1.29, 1.82) is 0 Å². The summed E-state index contributed by atoms with van der Waals surface area (Å²) in [5.74, 6) is 0.258. The molecule has 1 radical (unpaired) electrons. The number of piperazine rings is 1. The number of nitrogens with zero attached hydrogens (tertiary/aromatic N) is 1. The van der Waals surface area contributed by atoms with E-state index in [9.17, 15) is 4.79 Å². The number of rotatable bonds is 2. The van der Waals surface area contributed by atoms with Gasteiger partial charge in [0.25, 0.3) is 0 Å². The van der Waals surface area contributed by atoms with Gasteiger partial charge in [-0.1, -0.05) is 6.92 Å². The summed E-state index contributed by atoms with van der Waals surface area (Å²) in [4.78, 5) is 13.2. The van der Waals surface area contributed by atoms with E-state index in [0.29, 0.717) is 6.42 Å². The lowest BCUT2D eigenvalue weighted by atomic mass is 10.2. The summed E-state index contributed by atoms with van der Waals surface area (Å²) in [5.41, 5.74) is 0. The van der Waals surface area contributed by atoms with Gasteiger partial charge in [0.15, 0.2) is 0 Å². The minimum Gasteiger partial charge on any atom is -0.340 e. The number of carbonyl (C=O) groups excluding carboxylic acids is 1.